The van der Waals surface area contributed by atoms with E-state index in [-0.39, 0.29) is 5.92 Å². The lowest BCUT2D eigenvalue weighted by Gasteiger charge is -2.20. The number of hydrogen-bond donors (Lipinski definition) is 6. The Bertz CT molecular complexity index is 1410. The first-order valence-electron chi connectivity index (χ1n) is 12.5. The van der Waals surface area contributed by atoms with E-state index in [2.05, 4.69) is 16.0 Å². The van der Waals surface area contributed by atoms with Gasteiger partial charge in [0.2, 0.25) is 17.7 Å². The van der Waals surface area contributed by atoms with E-state index < -0.39 is 35.6 Å². The van der Waals surface area contributed by atoms with Gasteiger partial charge in [-0.3, -0.25) is 14.4 Å². The third-order valence-electron chi connectivity index (χ3n) is 5.67. The van der Waals surface area contributed by atoms with Crippen LogP contribution in [0.25, 0.3) is 0 Å². The lowest BCUT2D eigenvalue weighted by atomic mass is 9.85. The summed E-state index contributed by atoms with van der Waals surface area (Å²) >= 11 is 0. The predicted molar refractivity (Wildman–Crippen MR) is 156 cm³/mol. The maximum absolute atomic E-state index is 12.0. The second kappa shape index (κ2) is 14.9. The van der Waals surface area contributed by atoms with Crippen molar-refractivity contribution in [1.29, 1.82) is 0 Å². The van der Waals surface area contributed by atoms with Crippen LogP contribution in [0.3, 0.4) is 0 Å². The van der Waals surface area contributed by atoms with Gasteiger partial charge < -0.3 is 31.3 Å². The molecule has 0 saturated carbocycles. The summed E-state index contributed by atoms with van der Waals surface area (Å²) in [7, 11) is 0. The molecule has 0 heterocycles. The van der Waals surface area contributed by atoms with E-state index in [9.17, 15) is 28.8 Å². The highest BCUT2D eigenvalue weighted by atomic mass is 16.4. The van der Waals surface area contributed by atoms with Crippen LogP contribution in [0.15, 0.2) is 109 Å². The van der Waals surface area contributed by atoms with E-state index in [1.54, 1.807) is 72.8 Å². The number of rotatable bonds is 12. The summed E-state index contributed by atoms with van der Waals surface area (Å²) in [5.41, 5.74) is 3.72. The number of carbonyl (C=O) groups is 6. The number of anilines is 3. The van der Waals surface area contributed by atoms with Crippen LogP contribution >= 0.6 is 0 Å². The fourth-order valence-corrected chi connectivity index (χ4v) is 3.85. The van der Waals surface area contributed by atoms with E-state index >= 15 is 0 Å². The number of carboxylic acid groups (broad SMARTS) is 3. The SMILES string of the molecule is O=C(O)/C=C/C(=O)Nc1ccc(C(c2ccc(NC(=O)/C=C/C(=O)O)cc2)c2ccc(NC(=O)/C=C/C(=O)O)cc2)cc1. The Labute approximate surface area is 244 Å². The van der Waals surface area contributed by atoms with E-state index in [1.165, 1.54) is 0 Å². The maximum atomic E-state index is 12.0. The van der Waals surface area contributed by atoms with Crippen LogP contribution in [0.2, 0.25) is 0 Å². The summed E-state index contributed by atoms with van der Waals surface area (Å²) in [6.45, 7) is 0. The Kier molecular flexibility index (Phi) is 10.8. The average Bonchev–Trinajstić information content (AvgIpc) is 2.97. The van der Waals surface area contributed by atoms with E-state index in [1.807, 2.05) is 0 Å². The number of carbonyl (C=O) groups excluding carboxylic acids is 3. The smallest absolute Gasteiger partial charge is 0.328 e. The van der Waals surface area contributed by atoms with Crippen LogP contribution in [-0.4, -0.2) is 50.9 Å². The molecule has 6 N–H and O–H groups in total. The first-order valence-corrected chi connectivity index (χ1v) is 12.5. The van der Waals surface area contributed by atoms with E-state index in [4.69, 9.17) is 15.3 Å². The molecule has 12 nitrogen and oxygen atoms in total. The third kappa shape index (κ3) is 10.3. The van der Waals surface area contributed by atoms with Gasteiger partial charge in [-0.1, -0.05) is 36.4 Å². The Morgan fingerprint density at radius 3 is 0.860 bits per heavy atom. The molecule has 43 heavy (non-hydrogen) atoms. The summed E-state index contributed by atoms with van der Waals surface area (Å²) < 4.78 is 0. The highest BCUT2D eigenvalue weighted by molar-refractivity contribution is 6.03. The number of carboxylic acids is 3. The van der Waals surface area contributed by atoms with Gasteiger partial charge in [-0.05, 0) is 53.1 Å². The quantitative estimate of drug-likeness (QED) is 0.136. The first kappa shape index (κ1) is 31.2. The Balaban J connectivity index is 1.89. The minimum Gasteiger partial charge on any atom is -0.478 e. The molecule has 12 heteroatoms. The van der Waals surface area contributed by atoms with Crippen molar-refractivity contribution in [3.63, 3.8) is 0 Å². The van der Waals surface area contributed by atoms with Gasteiger partial charge in [-0.25, -0.2) is 14.4 Å². The number of aliphatic carboxylic acids is 3. The molecule has 0 atom stereocenters. The second-order valence-electron chi connectivity index (χ2n) is 8.78. The van der Waals surface area contributed by atoms with Crippen molar-refractivity contribution in [2.75, 3.05) is 16.0 Å². The molecule has 0 spiro atoms. The Morgan fingerprint density at radius 1 is 0.419 bits per heavy atom. The molecule has 3 rings (SSSR count). The largest absolute Gasteiger partial charge is 0.478 e. The third-order valence-corrected chi connectivity index (χ3v) is 5.67. The van der Waals surface area contributed by atoms with Crippen LogP contribution < -0.4 is 16.0 Å². The summed E-state index contributed by atoms with van der Waals surface area (Å²) in [5.74, 6) is -5.95. The maximum Gasteiger partial charge on any atom is 0.328 e. The van der Waals surface area contributed by atoms with Crippen LogP contribution in [0, 0.1) is 0 Å². The summed E-state index contributed by atoms with van der Waals surface area (Å²) in [4.78, 5) is 67.8. The molecule has 3 aromatic rings. The van der Waals surface area contributed by atoms with Crippen molar-refractivity contribution in [3.05, 3.63) is 126 Å². The zero-order chi connectivity index (χ0) is 31.4. The molecule has 0 radical (unpaired) electrons. The normalized spacial score (nSPS) is 11.1. The van der Waals surface area contributed by atoms with Gasteiger partial charge in [0.05, 0.1) is 0 Å². The van der Waals surface area contributed by atoms with E-state index in [0.29, 0.717) is 17.1 Å². The molecule has 0 unspecified atom stereocenters. The van der Waals surface area contributed by atoms with Crippen molar-refractivity contribution in [3.8, 4) is 0 Å². The van der Waals surface area contributed by atoms with Crippen LogP contribution in [0.1, 0.15) is 22.6 Å². The zero-order valence-electron chi connectivity index (χ0n) is 22.3. The lowest BCUT2D eigenvalue weighted by molar-refractivity contribution is -0.132. The Morgan fingerprint density at radius 2 is 0.651 bits per heavy atom. The van der Waals surface area contributed by atoms with Crippen molar-refractivity contribution in [1.82, 2.24) is 0 Å². The highest BCUT2D eigenvalue weighted by Gasteiger charge is 2.18. The monoisotopic (exact) mass is 583 g/mol. The van der Waals surface area contributed by atoms with Gasteiger partial charge in [0.1, 0.15) is 0 Å². The number of nitrogens with one attached hydrogen (secondary N) is 3. The molecule has 0 aliphatic heterocycles. The average molecular weight is 584 g/mol. The molecule has 218 valence electrons. The highest BCUT2D eigenvalue weighted by Crippen LogP contribution is 2.34. The van der Waals surface area contributed by atoms with Crippen molar-refractivity contribution in [2.24, 2.45) is 0 Å². The standard InChI is InChI=1S/C31H25N3O9/c35-25(13-16-28(38)39)32-22-7-1-19(2-8-22)31(20-3-9-23(10-4-20)33-26(36)14-17-29(40)41)21-5-11-24(12-6-21)34-27(37)15-18-30(42)43/h1-18,31H,(H,32,35)(H,33,36)(H,34,37)(H,38,39)(H,40,41)(H,42,43)/b16-13+,17-14+,18-15+. The molecule has 0 fully saturated rings. The zero-order valence-corrected chi connectivity index (χ0v) is 22.3. The van der Waals surface area contributed by atoms with Gasteiger partial charge in [0.25, 0.3) is 0 Å². The Hall–Kier alpha value is -6.30. The lowest BCUT2D eigenvalue weighted by Crippen LogP contribution is -2.10. The van der Waals surface area contributed by atoms with Crippen molar-refractivity contribution >= 4 is 52.7 Å². The second-order valence-corrected chi connectivity index (χ2v) is 8.78. The topological polar surface area (TPSA) is 199 Å². The molecular weight excluding hydrogens is 558 g/mol. The molecule has 3 amide bonds. The van der Waals surface area contributed by atoms with Crippen LogP contribution in [0.4, 0.5) is 17.1 Å². The summed E-state index contributed by atoms with van der Waals surface area (Å²) in [6, 6.07) is 20.6. The van der Waals surface area contributed by atoms with Crippen molar-refractivity contribution in [2.45, 2.75) is 5.92 Å². The first-order chi connectivity index (χ1) is 20.5. The molecule has 0 aromatic heterocycles. The fourth-order valence-electron chi connectivity index (χ4n) is 3.85. The summed E-state index contributed by atoms with van der Waals surface area (Å²) in [5, 5.41) is 33.8. The predicted octanol–water partition coefficient (Wildman–Crippen LogP) is 3.60. The minimum atomic E-state index is -1.25. The molecule has 0 aliphatic rings. The molecule has 0 bridgehead atoms. The van der Waals surface area contributed by atoms with Crippen molar-refractivity contribution < 1.29 is 44.1 Å². The fraction of sp³-hybridized carbons (Fsp3) is 0.0323. The molecular formula is C31H25N3O9. The van der Waals surface area contributed by atoms with Gasteiger partial charge >= 0.3 is 17.9 Å². The number of hydrogen-bond acceptors (Lipinski definition) is 6. The molecule has 0 saturated heterocycles. The number of amides is 3. The van der Waals surface area contributed by atoms with Crippen LogP contribution in [0.5, 0.6) is 0 Å². The minimum absolute atomic E-state index is 0.357. The van der Waals surface area contributed by atoms with E-state index in [0.717, 1.165) is 53.1 Å². The summed E-state index contributed by atoms with van der Waals surface area (Å²) in [6.07, 6.45) is 4.87. The molecule has 3 aromatic carbocycles. The molecule has 0 aliphatic carbocycles. The van der Waals surface area contributed by atoms with Gasteiger partial charge in [0.15, 0.2) is 0 Å². The number of benzene rings is 3. The van der Waals surface area contributed by atoms with Crippen LogP contribution in [-0.2, 0) is 28.8 Å². The van der Waals surface area contributed by atoms with Gasteiger partial charge in [-0.2, -0.15) is 0 Å². The van der Waals surface area contributed by atoms with Gasteiger partial charge in [-0.15, -0.1) is 0 Å². The van der Waals surface area contributed by atoms with Gasteiger partial charge in [0, 0.05) is 59.4 Å².